The molecule has 0 fully saturated rings. The van der Waals surface area contributed by atoms with E-state index in [0.29, 0.717) is 6.61 Å². The second kappa shape index (κ2) is 5.13. The van der Waals surface area contributed by atoms with E-state index < -0.39 is 0 Å². The molecule has 106 valence electrons. The van der Waals surface area contributed by atoms with Crippen molar-refractivity contribution in [2.75, 3.05) is 0 Å². The van der Waals surface area contributed by atoms with Gasteiger partial charge in [-0.2, -0.15) is 0 Å². The third kappa shape index (κ3) is 2.41. The number of nitrogens with zero attached hydrogens (tertiary/aromatic N) is 1. The SMILES string of the molecule is N[C@H]1CCc2cc(OCc3nc4ccccc4s3)ccc21. The van der Waals surface area contributed by atoms with Gasteiger partial charge in [0, 0.05) is 6.04 Å². The number of aromatic nitrogens is 1. The molecule has 4 rings (SSSR count). The molecule has 1 heterocycles. The Kier molecular flexibility index (Phi) is 3.13. The lowest BCUT2D eigenvalue weighted by Gasteiger charge is -2.08. The Morgan fingerprint density at radius 1 is 1.24 bits per heavy atom. The number of para-hydroxylation sites is 1. The Balaban J connectivity index is 1.51. The van der Waals surface area contributed by atoms with Crippen LogP contribution in [-0.4, -0.2) is 4.98 Å². The summed E-state index contributed by atoms with van der Waals surface area (Å²) in [5.41, 5.74) is 9.69. The first-order valence-corrected chi connectivity index (χ1v) is 7.97. The molecule has 0 saturated heterocycles. The molecule has 3 nitrogen and oxygen atoms in total. The van der Waals surface area contributed by atoms with Gasteiger partial charge in [-0.05, 0) is 48.2 Å². The summed E-state index contributed by atoms with van der Waals surface area (Å²) < 4.78 is 7.09. The highest BCUT2D eigenvalue weighted by Gasteiger charge is 2.19. The van der Waals surface area contributed by atoms with Crippen LogP contribution in [0.4, 0.5) is 0 Å². The Bertz CT molecular complexity index is 763. The van der Waals surface area contributed by atoms with Gasteiger partial charge < -0.3 is 10.5 Å². The molecule has 3 aromatic rings. The summed E-state index contributed by atoms with van der Waals surface area (Å²) in [4.78, 5) is 4.59. The van der Waals surface area contributed by atoms with Gasteiger partial charge in [0.2, 0.25) is 0 Å². The average Bonchev–Trinajstić information content (AvgIpc) is 3.08. The number of fused-ring (bicyclic) bond motifs is 2. The van der Waals surface area contributed by atoms with E-state index in [1.54, 1.807) is 11.3 Å². The molecule has 1 aliphatic rings. The minimum absolute atomic E-state index is 0.193. The Morgan fingerprint density at radius 2 is 2.14 bits per heavy atom. The van der Waals surface area contributed by atoms with Crippen molar-refractivity contribution in [1.82, 2.24) is 4.98 Å². The van der Waals surface area contributed by atoms with Gasteiger partial charge in [-0.15, -0.1) is 11.3 Å². The van der Waals surface area contributed by atoms with E-state index in [9.17, 15) is 0 Å². The molecule has 0 spiro atoms. The lowest BCUT2D eigenvalue weighted by atomic mass is 10.1. The van der Waals surface area contributed by atoms with Crippen molar-refractivity contribution < 1.29 is 4.74 Å². The Hall–Kier alpha value is -1.91. The largest absolute Gasteiger partial charge is 0.486 e. The van der Waals surface area contributed by atoms with Crippen molar-refractivity contribution in [3.8, 4) is 5.75 Å². The molecule has 0 bridgehead atoms. The Morgan fingerprint density at radius 3 is 3.05 bits per heavy atom. The first-order valence-electron chi connectivity index (χ1n) is 7.15. The van der Waals surface area contributed by atoms with Crippen LogP contribution in [0.3, 0.4) is 0 Å². The summed E-state index contributed by atoms with van der Waals surface area (Å²) in [5.74, 6) is 0.905. The number of rotatable bonds is 3. The number of benzene rings is 2. The van der Waals surface area contributed by atoms with Crippen molar-refractivity contribution in [3.63, 3.8) is 0 Å². The molecule has 21 heavy (non-hydrogen) atoms. The van der Waals surface area contributed by atoms with Gasteiger partial charge in [0.05, 0.1) is 10.2 Å². The van der Waals surface area contributed by atoms with E-state index in [2.05, 4.69) is 23.2 Å². The average molecular weight is 296 g/mol. The van der Waals surface area contributed by atoms with Crippen molar-refractivity contribution in [1.29, 1.82) is 0 Å². The van der Waals surface area contributed by atoms with Crippen LogP contribution in [0, 0.1) is 0 Å². The second-order valence-electron chi connectivity index (χ2n) is 5.37. The van der Waals surface area contributed by atoms with Crippen molar-refractivity contribution >= 4 is 21.6 Å². The molecule has 0 radical (unpaired) electrons. The van der Waals surface area contributed by atoms with Crippen LogP contribution < -0.4 is 10.5 Å². The minimum Gasteiger partial charge on any atom is -0.486 e. The molecule has 1 atom stereocenters. The fourth-order valence-electron chi connectivity index (χ4n) is 2.84. The fourth-order valence-corrected chi connectivity index (χ4v) is 3.72. The predicted molar refractivity (Wildman–Crippen MR) is 85.6 cm³/mol. The maximum atomic E-state index is 6.06. The van der Waals surface area contributed by atoms with Gasteiger partial charge in [-0.25, -0.2) is 4.98 Å². The molecule has 1 aromatic heterocycles. The van der Waals surface area contributed by atoms with Crippen LogP contribution in [0.5, 0.6) is 5.75 Å². The number of aryl methyl sites for hydroxylation is 1. The van der Waals surface area contributed by atoms with Gasteiger partial charge in [0.15, 0.2) is 0 Å². The quantitative estimate of drug-likeness (QED) is 0.799. The number of hydrogen-bond donors (Lipinski definition) is 1. The van der Waals surface area contributed by atoms with E-state index in [0.717, 1.165) is 29.1 Å². The molecule has 0 aliphatic heterocycles. The zero-order chi connectivity index (χ0) is 14.2. The van der Waals surface area contributed by atoms with Gasteiger partial charge in [-0.1, -0.05) is 18.2 Å². The van der Waals surface area contributed by atoms with E-state index in [1.807, 2.05) is 24.3 Å². The third-order valence-corrected chi connectivity index (χ3v) is 4.95. The highest BCUT2D eigenvalue weighted by atomic mass is 32.1. The highest BCUT2D eigenvalue weighted by Crippen LogP contribution is 2.32. The Labute approximate surface area is 127 Å². The summed E-state index contributed by atoms with van der Waals surface area (Å²) in [6.07, 6.45) is 2.09. The summed E-state index contributed by atoms with van der Waals surface area (Å²) in [6.45, 7) is 0.518. The monoisotopic (exact) mass is 296 g/mol. The lowest BCUT2D eigenvalue weighted by Crippen LogP contribution is -2.05. The van der Waals surface area contributed by atoms with Crippen LogP contribution >= 0.6 is 11.3 Å². The van der Waals surface area contributed by atoms with Gasteiger partial charge in [-0.3, -0.25) is 0 Å². The smallest absolute Gasteiger partial charge is 0.140 e. The number of ether oxygens (including phenoxy) is 1. The molecular formula is C17H16N2OS. The first-order chi connectivity index (χ1) is 10.3. The molecular weight excluding hydrogens is 280 g/mol. The van der Waals surface area contributed by atoms with Crippen molar-refractivity contribution in [3.05, 3.63) is 58.6 Å². The fraction of sp³-hybridized carbons (Fsp3) is 0.235. The summed E-state index contributed by atoms with van der Waals surface area (Å²) in [5, 5.41) is 1.01. The summed E-state index contributed by atoms with van der Waals surface area (Å²) in [6, 6.07) is 14.6. The standard InChI is InChI=1S/C17H16N2OS/c18-14-8-5-11-9-12(6-7-13(11)14)20-10-17-19-15-3-1-2-4-16(15)21-17/h1-4,6-7,9,14H,5,8,10,18H2/t14-/m0/s1. The van der Waals surface area contributed by atoms with E-state index in [4.69, 9.17) is 10.5 Å². The maximum Gasteiger partial charge on any atom is 0.140 e. The normalized spacial score (nSPS) is 17.1. The molecule has 0 saturated carbocycles. The van der Waals surface area contributed by atoms with Gasteiger partial charge in [0.1, 0.15) is 17.4 Å². The van der Waals surface area contributed by atoms with Crippen LogP contribution in [0.1, 0.15) is 28.6 Å². The third-order valence-electron chi connectivity index (χ3n) is 3.94. The van der Waals surface area contributed by atoms with Crippen LogP contribution in [0.15, 0.2) is 42.5 Å². The molecule has 0 amide bonds. The molecule has 2 N–H and O–H groups in total. The zero-order valence-corrected chi connectivity index (χ0v) is 12.4. The highest BCUT2D eigenvalue weighted by molar-refractivity contribution is 7.18. The first kappa shape index (κ1) is 12.8. The molecule has 0 unspecified atom stereocenters. The van der Waals surface area contributed by atoms with E-state index in [1.165, 1.54) is 15.8 Å². The van der Waals surface area contributed by atoms with E-state index >= 15 is 0 Å². The van der Waals surface area contributed by atoms with Crippen molar-refractivity contribution in [2.24, 2.45) is 5.73 Å². The van der Waals surface area contributed by atoms with Crippen LogP contribution in [-0.2, 0) is 13.0 Å². The lowest BCUT2D eigenvalue weighted by molar-refractivity contribution is 0.305. The summed E-state index contributed by atoms with van der Waals surface area (Å²) >= 11 is 1.69. The number of hydrogen-bond acceptors (Lipinski definition) is 4. The van der Waals surface area contributed by atoms with Gasteiger partial charge >= 0.3 is 0 Å². The number of thiazole rings is 1. The van der Waals surface area contributed by atoms with E-state index in [-0.39, 0.29) is 6.04 Å². The predicted octanol–water partition coefficient (Wildman–Crippen LogP) is 3.82. The van der Waals surface area contributed by atoms with Crippen LogP contribution in [0.25, 0.3) is 10.2 Å². The second-order valence-corrected chi connectivity index (χ2v) is 6.48. The molecule has 4 heteroatoms. The number of nitrogens with two attached hydrogens (primary N) is 1. The summed E-state index contributed by atoms with van der Waals surface area (Å²) in [7, 11) is 0. The van der Waals surface area contributed by atoms with Crippen LogP contribution in [0.2, 0.25) is 0 Å². The minimum atomic E-state index is 0.193. The molecule has 1 aliphatic carbocycles. The zero-order valence-electron chi connectivity index (χ0n) is 11.6. The maximum absolute atomic E-state index is 6.06. The molecule has 2 aromatic carbocycles. The van der Waals surface area contributed by atoms with Gasteiger partial charge in [0.25, 0.3) is 0 Å². The van der Waals surface area contributed by atoms with Crippen molar-refractivity contribution in [2.45, 2.75) is 25.5 Å². The topological polar surface area (TPSA) is 48.1 Å².